The Morgan fingerprint density at radius 1 is 1.14 bits per heavy atom. The molecule has 0 radical (unpaired) electrons. The van der Waals surface area contributed by atoms with Gasteiger partial charge in [-0.05, 0) is 25.7 Å². The van der Waals surface area contributed by atoms with Crippen molar-refractivity contribution < 1.29 is 9.53 Å². The molecule has 124 valence electrons. The molecule has 0 heterocycles. The van der Waals surface area contributed by atoms with Gasteiger partial charge in [-0.25, -0.2) is 4.99 Å². The maximum absolute atomic E-state index is 11.5. The van der Waals surface area contributed by atoms with E-state index in [0.29, 0.717) is 18.4 Å². The summed E-state index contributed by atoms with van der Waals surface area (Å²) in [5.41, 5.74) is 0. The van der Waals surface area contributed by atoms with Crippen LogP contribution in [0.4, 0.5) is 0 Å². The van der Waals surface area contributed by atoms with Gasteiger partial charge in [0.05, 0.1) is 0 Å². The molecular weight excluding hydrogens is 268 g/mol. The van der Waals surface area contributed by atoms with Crippen LogP contribution in [0.5, 0.6) is 0 Å². The monoisotopic (exact) mass is 300 g/mol. The van der Waals surface area contributed by atoms with E-state index in [1.165, 1.54) is 0 Å². The van der Waals surface area contributed by atoms with Crippen molar-refractivity contribution in [3.05, 3.63) is 0 Å². The number of hydrogen-bond donors (Lipinski definition) is 3. The van der Waals surface area contributed by atoms with E-state index in [1.807, 2.05) is 13.8 Å². The number of carbonyl (C=O) groups is 1. The third-order valence-electron chi connectivity index (χ3n) is 2.51. The van der Waals surface area contributed by atoms with Gasteiger partial charge < -0.3 is 20.7 Å². The van der Waals surface area contributed by atoms with Crippen molar-refractivity contribution in [3.8, 4) is 0 Å². The minimum absolute atomic E-state index is 0.0469. The van der Waals surface area contributed by atoms with Crippen LogP contribution in [0.2, 0.25) is 0 Å². The Hall–Kier alpha value is -1.30. The van der Waals surface area contributed by atoms with Gasteiger partial charge in [0.15, 0.2) is 5.96 Å². The van der Waals surface area contributed by atoms with Gasteiger partial charge >= 0.3 is 0 Å². The van der Waals surface area contributed by atoms with Crippen molar-refractivity contribution in [2.24, 2.45) is 10.9 Å². The summed E-state index contributed by atoms with van der Waals surface area (Å²) in [7, 11) is 0. The first-order chi connectivity index (χ1) is 10.1. The van der Waals surface area contributed by atoms with E-state index in [1.54, 1.807) is 0 Å². The molecule has 0 aliphatic rings. The highest BCUT2D eigenvalue weighted by atomic mass is 16.5. The molecule has 0 aromatic carbocycles. The lowest BCUT2D eigenvalue weighted by Gasteiger charge is -2.12. The van der Waals surface area contributed by atoms with Gasteiger partial charge in [-0.15, -0.1) is 0 Å². The van der Waals surface area contributed by atoms with Crippen LogP contribution in [-0.2, 0) is 9.53 Å². The van der Waals surface area contributed by atoms with Crippen LogP contribution in [0.15, 0.2) is 4.99 Å². The summed E-state index contributed by atoms with van der Waals surface area (Å²) in [5.74, 6) is 1.20. The van der Waals surface area contributed by atoms with Crippen LogP contribution >= 0.6 is 0 Å². The number of hydrogen-bond acceptors (Lipinski definition) is 3. The fourth-order valence-electron chi connectivity index (χ4n) is 1.51. The molecule has 0 aliphatic heterocycles. The highest BCUT2D eigenvalue weighted by Gasteiger charge is 2.01. The van der Waals surface area contributed by atoms with E-state index in [4.69, 9.17) is 4.74 Å². The van der Waals surface area contributed by atoms with E-state index < -0.39 is 0 Å². The minimum Gasteiger partial charge on any atom is -0.381 e. The second kappa shape index (κ2) is 13.7. The summed E-state index contributed by atoms with van der Waals surface area (Å²) >= 11 is 0. The van der Waals surface area contributed by atoms with Gasteiger partial charge in [-0.3, -0.25) is 4.79 Å². The normalized spacial score (nSPS) is 11.6. The fraction of sp³-hybridized carbons (Fsp3) is 0.867. The van der Waals surface area contributed by atoms with Crippen molar-refractivity contribution in [2.75, 3.05) is 39.4 Å². The molecule has 0 unspecified atom stereocenters. The van der Waals surface area contributed by atoms with Gasteiger partial charge in [-0.2, -0.15) is 0 Å². The standard InChI is InChI=1S/C15H32N4O2/c1-5-8-17-14(20)11-19-15(16-6-2)18-9-7-10-21-12-13(3)4/h13H,5-12H2,1-4H3,(H,17,20)(H2,16,18,19). The lowest BCUT2D eigenvalue weighted by molar-refractivity contribution is -0.119. The molecule has 0 rings (SSSR count). The van der Waals surface area contributed by atoms with Crippen molar-refractivity contribution in [3.63, 3.8) is 0 Å². The van der Waals surface area contributed by atoms with E-state index in [2.05, 4.69) is 34.8 Å². The molecule has 6 heteroatoms. The highest BCUT2D eigenvalue weighted by molar-refractivity contribution is 5.84. The second-order valence-corrected chi connectivity index (χ2v) is 5.29. The maximum atomic E-state index is 11.5. The topological polar surface area (TPSA) is 74.8 Å². The maximum Gasteiger partial charge on any atom is 0.241 e. The molecule has 0 aromatic rings. The van der Waals surface area contributed by atoms with Gasteiger partial charge in [-0.1, -0.05) is 20.8 Å². The van der Waals surface area contributed by atoms with Crippen molar-refractivity contribution in [1.29, 1.82) is 0 Å². The predicted octanol–water partition coefficient (Wildman–Crippen LogP) is 1.13. The molecule has 0 saturated carbocycles. The van der Waals surface area contributed by atoms with Crippen LogP contribution in [0.1, 0.15) is 40.5 Å². The Balaban J connectivity index is 3.87. The molecule has 0 saturated heterocycles. The first-order valence-electron chi connectivity index (χ1n) is 7.96. The van der Waals surface area contributed by atoms with Crippen LogP contribution < -0.4 is 16.0 Å². The Morgan fingerprint density at radius 3 is 2.52 bits per heavy atom. The second-order valence-electron chi connectivity index (χ2n) is 5.29. The van der Waals surface area contributed by atoms with E-state index >= 15 is 0 Å². The summed E-state index contributed by atoms with van der Waals surface area (Å²) in [4.78, 5) is 15.7. The van der Waals surface area contributed by atoms with E-state index in [9.17, 15) is 4.79 Å². The molecule has 0 atom stereocenters. The third kappa shape index (κ3) is 13.4. The number of guanidine groups is 1. The quantitative estimate of drug-likeness (QED) is 0.304. The Bertz CT molecular complexity index is 293. The molecule has 21 heavy (non-hydrogen) atoms. The number of nitrogens with zero attached hydrogens (tertiary/aromatic N) is 1. The Labute approximate surface area is 129 Å². The lowest BCUT2D eigenvalue weighted by atomic mass is 10.2. The van der Waals surface area contributed by atoms with Crippen LogP contribution in [0, 0.1) is 5.92 Å². The average Bonchev–Trinajstić information content (AvgIpc) is 2.45. The summed E-state index contributed by atoms with van der Waals surface area (Å²) < 4.78 is 5.51. The van der Waals surface area contributed by atoms with Crippen molar-refractivity contribution >= 4 is 11.9 Å². The molecule has 6 nitrogen and oxygen atoms in total. The van der Waals surface area contributed by atoms with Gasteiger partial charge in [0, 0.05) is 32.8 Å². The molecule has 0 aromatic heterocycles. The molecule has 1 amide bonds. The fourth-order valence-corrected chi connectivity index (χ4v) is 1.51. The van der Waals surface area contributed by atoms with E-state index in [-0.39, 0.29) is 12.5 Å². The zero-order valence-corrected chi connectivity index (χ0v) is 14.0. The van der Waals surface area contributed by atoms with Crippen LogP contribution in [0.25, 0.3) is 0 Å². The van der Waals surface area contributed by atoms with Crippen molar-refractivity contribution in [1.82, 2.24) is 16.0 Å². The summed E-state index contributed by atoms with van der Waals surface area (Å²) in [6.07, 6.45) is 1.85. The van der Waals surface area contributed by atoms with Gasteiger partial charge in [0.25, 0.3) is 0 Å². The largest absolute Gasteiger partial charge is 0.381 e. The molecule has 3 N–H and O–H groups in total. The summed E-state index contributed by atoms with van der Waals surface area (Å²) in [6.45, 7) is 12.2. The molecule has 0 spiro atoms. The SMILES string of the molecule is CCCNC(=O)CN=C(NCC)NCCCOCC(C)C. The highest BCUT2D eigenvalue weighted by Crippen LogP contribution is 1.92. The zero-order valence-electron chi connectivity index (χ0n) is 14.0. The number of nitrogens with one attached hydrogen (secondary N) is 3. The molecule has 0 aliphatic carbocycles. The van der Waals surface area contributed by atoms with Crippen LogP contribution in [-0.4, -0.2) is 51.3 Å². The van der Waals surface area contributed by atoms with Gasteiger partial charge in [0.2, 0.25) is 5.91 Å². The Kier molecular flexibility index (Phi) is 12.8. The Morgan fingerprint density at radius 2 is 1.90 bits per heavy atom. The zero-order chi connectivity index (χ0) is 15.9. The molecular formula is C15H32N4O2. The average molecular weight is 300 g/mol. The number of amides is 1. The predicted molar refractivity (Wildman–Crippen MR) is 87.6 cm³/mol. The summed E-state index contributed by atoms with van der Waals surface area (Å²) in [5, 5.41) is 9.12. The molecule has 0 bridgehead atoms. The number of carbonyl (C=O) groups excluding carboxylic acids is 1. The summed E-state index contributed by atoms with van der Waals surface area (Å²) in [6, 6.07) is 0. The first-order valence-corrected chi connectivity index (χ1v) is 7.96. The number of ether oxygens (including phenoxy) is 1. The van der Waals surface area contributed by atoms with E-state index in [0.717, 1.165) is 39.1 Å². The minimum atomic E-state index is -0.0469. The lowest BCUT2D eigenvalue weighted by Crippen LogP contribution is -2.39. The number of aliphatic imine (C=N–C) groups is 1. The number of rotatable bonds is 11. The van der Waals surface area contributed by atoms with Gasteiger partial charge in [0.1, 0.15) is 6.54 Å². The smallest absolute Gasteiger partial charge is 0.241 e. The third-order valence-corrected chi connectivity index (χ3v) is 2.51. The molecule has 0 fully saturated rings. The first kappa shape index (κ1) is 19.7. The van der Waals surface area contributed by atoms with Crippen molar-refractivity contribution in [2.45, 2.75) is 40.5 Å². The van der Waals surface area contributed by atoms with Crippen LogP contribution in [0.3, 0.4) is 0 Å².